The molecule has 1 aromatic rings. The van der Waals surface area contributed by atoms with Crippen LogP contribution in [0.4, 0.5) is 0 Å². The number of hydrogen-bond donors (Lipinski definition) is 0. The van der Waals surface area contributed by atoms with Crippen molar-refractivity contribution in [1.82, 2.24) is 0 Å². The van der Waals surface area contributed by atoms with Gasteiger partial charge in [0, 0.05) is 0 Å². The topological polar surface area (TPSA) is 18.5 Å². The molecule has 0 fully saturated rings. The highest BCUT2D eigenvalue weighted by atomic mass is 28.5. The SMILES string of the molecule is C[Si](C)(C)O[Si](C)(/C=C\c1ccccc1)O[Si](C)(C)C. The van der Waals surface area contributed by atoms with Crippen molar-refractivity contribution < 1.29 is 8.23 Å². The normalized spacial score (nSPS) is 13.9. The third-order valence-electron chi connectivity index (χ3n) is 2.40. The highest BCUT2D eigenvalue weighted by Gasteiger charge is 2.38. The van der Waals surface area contributed by atoms with E-state index in [0.717, 1.165) is 0 Å². The van der Waals surface area contributed by atoms with Crippen LogP contribution >= 0.6 is 0 Å². The Morgan fingerprint density at radius 2 is 1.20 bits per heavy atom. The Bertz CT molecular complexity index is 428. The molecule has 2 nitrogen and oxygen atoms in total. The van der Waals surface area contributed by atoms with Crippen LogP contribution in [0.25, 0.3) is 6.08 Å². The van der Waals surface area contributed by atoms with Gasteiger partial charge < -0.3 is 8.23 Å². The van der Waals surface area contributed by atoms with Gasteiger partial charge >= 0.3 is 8.56 Å². The molecule has 0 saturated heterocycles. The maximum absolute atomic E-state index is 6.43. The predicted octanol–water partition coefficient (Wildman–Crippen LogP) is 5.01. The first kappa shape index (κ1) is 17.6. The Labute approximate surface area is 127 Å². The second-order valence-electron chi connectivity index (χ2n) is 7.19. The van der Waals surface area contributed by atoms with Crippen LogP contribution in [0.5, 0.6) is 0 Å². The van der Waals surface area contributed by atoms with Crippen molar-refractivity contribution in [3.8, 4) is 0 Å². The summed E-state index contributed by atoms with van der Waals surface area (Å²) in [5.41, 5.74) is 3.39. The lowest BCUT2D eigenvalue weighted by Gasteiger charge is -2.36. The largest absolute Gasteiger partial charge is 0.434 e. The molecule has 0 heterocycles. The molecule has 0 radical (unpaired) electrons. The molecule has 0 unspecified atom stereocenters. The van der Waals surface area contributed by atoms with E-state index in [4.69, 9.17) is 8.23 Å². The third kappa shape index (κ3) is 7.35. The molecule has 0 spiro atoms. The van der Waals surface area contributed by atoms with Gasteiger partial charge in [-0.1, -0.05) is 36.4 Å². The second-order valence-corrected chi connectivity index (χ2v) is 19.6. The van der Waals surface area contributed by atoms with Crippen LogP contribution in [-0.2, 0) is 8.23 Å². The maximum Gasteiger partial charge on any atom is 0.341 e. The molecular formula is C15H28O2Si3. The first-order chi connectivity index (χ1) is 8.99. The lowest BCUT2D eigenvalue weighted by Crippen LogP contribution is -2.51. The minimum Gasteiger partial charge on any atom is -0.434 e. The van der Waals surface area contributed by atoms with Gasteiger partial charge in [0.15, 0.2) is 16.6 Å². The minimum absolute atomic E-state index is 1.20. The van der Waals surface area contributed by atoms with Crippen LogP contribution in [0.15, 0.2) is 36.0 Å². The van der Waals surface area contributed by atoms with Gasteiger partial charge in [0.05, 0.1) is 0 Å². The van der Waals surface area contributed by atoms with Crippen molar-refractivity contribution in [2.45, 2.75) is 45.8 Å². The maximum atomic E-state index is 6.43. The standard InChI is InChI=1S/C15H28O2Si3/c1-18(2,3)16-20(7,17-19(4,5)6)14-13-15-11-9-8-10-12-15/h8-14H,1-7H3/b14-13-. The Balaban J connectivity index is 2.96. The summed E-state index contributed by atoms with van der Waals surface area (Å²) >= 11 is 0. The zero-order valence-electron chi connectivity index (χ0n) is 13.9. The van der Waals surface area contributed by atoms with Crippen LogP contribution in [0.2, 0.25) is 45.8 Å². The molecule has 0 aromatic heterocycles. The Kier molecular flexibility index (Phi) is 5.74. The molecule has 0 atom stereocenters. The van der Waals surface area contributed by atoms with Gasteiger partial charge in [-0.15, -0.1) is 0 Å². The zero-order valence-corrected chi connectivity index (χ0v) is 16.9. The van der Waals surface area contributed by atoms with Crippen LogP contribution in [0.3, 0.4) is 0 Å². The lowest BCUT2D eigenvalue weighted by atomic mass is 10.2. The van der Waals surface area contributed by atoms with Gasteiger partial charge in [-0.05, 0) is 57.1 Å². The van der Waals surface area contributed by atoms with Crippen LogP contribution in [0, 0.1) is 0 Å². The lowest BCUT2D eigenvalue weighted by molar-refractivity contribution is 0.403. The molecule has 0 aliphatic heterocycles. The fourth-order valence-electron chi connectivity index (χ4n) is 2.12. The second kappa shape index (κ2) is 6.53. The summed E-state index contributed by atoms with van der Waals surface area (Å²) in [7, 11) is -5.51. The van der Waals surface area contributed by atoms with Crippen LogP contribution in [0.1, 0.15) is 5.56 Å². The van der Waals surface area contributed by atoms with E-state index in [1.54, 1.807) is 0 Å². The monoisotopic (exact) mass is 324 g/mol. The highest BCUT2D eigenvalue weighted by Crippen LogP contribution is 2.22. The van der Waals surface area contributed by atoms with E-state index in [2.05, 4.69) is 81.9 Å². The minimum atomic E-state index is -2.26. The molecule has 0 N–H and O–H groups in total. The summed E-state index contributed by atoms with van der Waals surface area (Å²) < 4.78 is 12.9. The van der Waals surface area contributed by atoms with Crippen molar-refractivity contribution in [3.63, 3.8) is 0 Å². The molecule has 20 heavy (non-hydrogen) atoms. The van der Waals surface area contributed by atoms with E-state index >= 15 is 0 Å². The van der Waals surface area contributed by atoms with E-state index in [-0.39, 0.29) is 0 Å². The van der Waals surface area contributed by atoms with Gasteiger partial charge in [-0.3, -0.25) is 0 Å². The van der Waals surface area contributed by atoms with E-state index < -0.39 is 25.2 Å². The smallest absolute Gasteiger partial charge is 0.341 e. The van der Waals surface area contributed by atoms with Crippen molar-refractivity contribution in [3.05, 3.63) is 41.6 Å². The number of rotatable bonds is 6. The van der Waals surface area contributed by atoms with E-state index in [1.807, 2.05) is 6.07 Å². The molecule has 0 bridgehead atoms. The van der Waals surface area contributed by atoms with Crippen molar-refractivity contribution in [2.75, 3.05) is 0 Å². The molecule has 1 aromatic carbocycles. The molecule has 0 amide bonds. The molecular weight excluding hydrogens is 296 g/mol. The van der Waals surface area contributed by atoms with Gasteiger partial charge in [0.1, 0.15) is 0 Å². The summed E-state index contributed by atoms with van der Waals surface area (Å²) in [6, 6.07) is 10.3. The summed E-state index contributed by atoms with van der Waals surface area (Å²) in [5.74, 6) is 0. The molecule has 1 rings (SSSR count). The molecule has 0 aliphatic carbocycles. The zero-order chi connectivity index (χ0) is 15.4. The number of hydrogen-bond acceptors (Lipinski definition) is 2. The summed E-state index contributed by atoms with van der Waals surface area (Å²) in [4.78, 5) is 0. The third-order valence-corrected chi connectivity index (χ3v) is 11.3. The van der Waals surface area contributed by atoms with Gasteiger partial charge in [-0.25, -0.2) is 0 Å². The summed E-state index contributed by atoms with van der Waals surface area (Å²) in [6.07, 6.45) is 2.15. The Morgan fingerprint density at radius 3 is 1.60 bits per heavy atom. The number of benzene rings is 1. The van der Waals surface area contributed by atoms with E-state index in [1.165, 1.54) is 5.56 Å². The molecule has 0 aliphatic rings. The van der Waals surface area contributed by atoms with Gasteiger partial charge in [0.2, 0.25) is 0 Å². The first-order valence-electron chi connectivity index (χ1n) is 7.14. The molecule has 5 heteroatoms. The van der Waals surface area contributed by atoms with Crippen LogP contribution < -0.4 is 0 Å². The predicted molar refractivity (Wildman–Crippen MR) is 96.0 cm³/mol. The van der Waals surface area contributed by atoms with Crippen LogP contribution in [-0.4, -0.2) is 25.2 Å². The quantitative estimate of drug-likeness (QED) is 0.684. The average Bonchev–Trinajstić information content (AvgIpc) is 2.23. The molecule has 112 valence electrons. The Morgan fingerprint density at radius 1 is 0.750 bits per heavy atom. The van der Waals surface area contributed by atoms with E-state index in [0.29, 0.717) is 0 Å². The van der Waals surface area contributed by atoms with Crippen molar-refractivity contribution in [2.24, 2.45) is 0 Å². The highest BCUT2D eigenvalue weighted by molar-refractivity contribution is 6.90. The van der Waals surface area contributed by atoms with Crippen molar-refractivity contribution >= 4 is 31.3 Å². The Hall–Kier alpha value is -0.469. The van der Waals surface area contributed by atoms with Gasteiger partial charge in [-0.2, -0.15) is 0 Å². The summed E-state index contributed by atoms with van der Waals surface area (Å²) in [5, 5.41) is 0. The summed E-state index contributed by atoms with van der Waals surface area (Å²) in [6.45, 7) is 15.5. The fraction of sp³-hybridized carbons (Fsp3) is 0.467. The van der Waals surface area contributed by atoms with Gasteiger partial charge in [0.25, 0.3) is 0 Å². The molecule has 0 saturated carbocycles. The fourth-order valence-corrected chi connectivity index (χ4v) is 13.4. The van der Waals surface area contributed by atoms with E-state index in [9.17, 15) is 0 Å². The first-order valence-corrected chi connectivity index (χ1v) is 16.3. The van der Waals surface area contributed by atoms with Crippen molar-refractivity contribution in [1.29, 1.82) is 0 Å². The average molecular weight is 325 g/mol.